The number of hydrogen-bond acceptors (Lipinski definition) is 5. The third-order valence-corrected chi connectivity index (χ3v) is 2.08. The van der Waals surface area contributed by atoms with Crippen LogP contribution in [0.2, 0.25) is 0 Å². The quantitative estimate of drug-likeness (QED) is 0.738. The maximum Gasteiger partial charge on any atom is 0.303 e. The van der Waals surface area contributed by atoms with Crippen molar-refractivity contribution in [2.45, 2.75) is 39.4 Å². The first-order valence-corrected chi connectivity index (χ1v) is 5.37. The summed E-state index contributed by atoms with van der Waals surface area (Å²) in [6, 6.07) is 3.43. The Morgan fingerprint density at radius 2 is 1.94 bits per heavy atom. The Kier molecular flexibility index (Phi) is 4.75. The molecule has 0 fully saturated rings. The van der Waals surface area contributed by atoms with Crippen LogP contribution < -0.4 is 0 Å². The van der Waals surface area contributed by atoms with Gasteiger partial charge in [0.15, 0.2) is 6.10 Å². The Morgan fingerprint density at radius 1 is 1.29 bits per heavy atom. The Morgan fingerprint density at radius 3 is 2.41 bits per heavy atom. The van der Waals surface area contributed by atoms with E-state index < -0.39 is 12.1 Å². The molecule has 1 aromatic heterocycles. The molecule has 0 radical (unpaired) electrons. The third-order valence-electron chi connectivity index (χ3n) is 2.08. The van der Waals surface area contributed by atoms with E-state index >= 15 is 0 Å². The molecule has 1 heterocycles. The van der Waals surface area contributed by atoms with Gasteiger partial charge in [0.1, 0.15) is 11.9 Å². The predicted octanol–water partition coefficient (Wildman–Crippen LogP) is 2.23. The zero-order chi connectivity index (χ0) is 12.8. The van der Waals surface area contributed by atoms with E-state index in [0.29, 0.717) is 12.2 Å². The summed E-state index contributed by atoms with van der Waals surface area (Å²) in [5, 5.41) is 0. The van der Waals surface area contributed by atoms with Gasteiger partial charge in [-0.05, 0) is 19.1 Å². The average Bonchev–Trinajstić information content (AvgIpc) is 2.66. The highest BCUT2D eigenvalue weighted by molar-refractivity contribution is 5.66. The van der Waals surface area contributed by atoms with E-state index in [0.717, 1.165) is 0 Å². The molecule has 0 aliphatic rings. The summed E-state index contributed by atoms with van der Waals surface area (Å²) < 4.78 is 15.3. The van der Waals surface area contributed by atoms with Crippen molar-refractivity contribution >= 4 is 11.9 Å². The fourth-order valence-electron chi connectivity index (χ4n) is 1.53. The molecule has 0 saturated carbocycles. The van der Waals surface area contributed by atoms with E-state index in [1.54, 1.807) is 19.1 Å². The zero-order valence-corrected chi connectivity index (χ0v) is 10.1. The number of hydrogen-bond donors (Lipinski definition) is 0. The van der Waals surface area contributed by atoms with Gasteiger partial charge in [0, 0.05) is 20.3 Å². The van der Waals surface area contributed by atoms with E-state index in [1.807, 2.05) is 0 Å². The molecule has 0 bridgehead atoms. The van der Waals surface area contributed by atoms with E-state index in [1.165, 1.54) is 20.1 Å². The normalized spacial score (nSPS) is 13.8. The van der Waals surface area contributed by atoms with Crippen molar-refractivity contribution < 1.29 is 23.5 Å². The smallest absolute Gasteiger partial charge is 0.303 e. The minimum atomic E-state index is -0.531. The van der Waals surface area contributed by atoms with Crippen LogP contribution in [0, 0.1) is 0 Å². The van der Waals surface area contributed by atoms with E-state index in [-0.39, 0.29) is 12.1 Å². The second-order valence-corrected chi connectivity index (χ2v) is 3.77. The second kappa shape index (κ2) is 6.08. The van der Waals surface area contributed by atoms with E-state index in [4.69, 9.17) is 13.9 Å². The lowest BCUT2D eigenvalue weighted by Crippen LogP contribution is -2.18. The zero-order valence-electron chi connectivity index (χ0n) is 10.1. The fraction of sp³-hybridized carbons (Fsp3) is 0.500. The molecular formula is C12H16O5. The van der Waals surface area contributed by atoms with Crippen molar-refractivity contribution in [2.24, 2.45) is 0 Å². The van der Waals surface area contributed by atoms with Crippen LogP contribution in [0.15, 0.2) is 22.8 Å². The Bertz CT molecular complexity index is 368. The summed E-state index contributed by atoms with van der Waals surface area (Å²) in [7, 11) is 0. The lowest BCUT2D eigenvalue weighted by Gasteiger charge is -2.19. The lowest BCUT2D eigenvalue weighted by atomic mass is 10.1. The highest BCUT2D eigenvalue weighted by Gasteiger charge is 2.22. The molecule has 0 aliphatic carbocycles. The highest BCUT2D eigenvalue weighted by Crippen LogP contribution is 2.24. The van der Waals surface area contributed by atoms with Crippen LogP contribution in [0.3, 0.4) is 0 Å². The number of furan rings is 1. The molecule has 0 spiro atoms. The summed E-state index contributed by atoms with van der Waals surface area (Å²) in [5.41, 5.74) is 0. The molecule has 1 rings (SSSR count). The summed E-state index contributed by atoms with van der Waals surface area (Å²) >= 11 is 0. The summed E-state index contributed by atoms with van der Waals surface area (Å²) in [5.74, 6) is -0.223. The van der Waals surface area contributed by atoms with Crippen LogP contribution in [-0.2, 0) is 19.1 Å². The lowest BCUT2D eigenvalue weighted by molar-refractivity contribution is -0.153. The monoisotopic (exact) mass is 240 g/mol. The van der Waals surface area contributed by atoms with Crippen molar-refractivity contribution in [3.63, 3.8) is 0 Å². The molecule has 0 aliphatic heterocycles. The van der Waals surface area contributed by atoms with Crippen molar-refractivity contribution in [1.29, 1.82) is 0 Å². The number of rotatable bonds is 5. The molecule has 0 aromatic carbocycles. The van der Waals surface area contributed by atoms with Crippen LogP contribution in [0.4, 0.5) is 0 Å². The average molecular weight is 240 g/mol. The van der Waals surface area contributed by atoms with Gasteiger partial charge < -0.3 is 13.9 Å². The van der Waals surface area contributed by atoms with Crippen molar-refractivity contribution in [3.05, 3.63) is 24.2 Å². The van der Waals surface area contributed by atoms with E-state index in [9.17, 15) is 9.59 Å². The van der Waals surface area contributed by atoms with Crippen LogP contribution in [0.1, 0.15) is 39.1 Å². The first-order valence-electron chi connectivity index (χ1n) is 5.37. The minimum absolute atomic E-state index is 0.345. The molecule has 0 saturated heterocycles. The van der Waals surface area contributed by atoms with Gasteiger partial charge in [0.25, 0.3) is 0 Å². The standard InChI is InChI=1S/C12H16O5/c1-8(16-9(2)13)7-12(17-10(3)14)11-5-4-6-15-11/h4-6,8,12H,7H2,1-3H3/t8-,12-/m1/s1. The van der Waals surface area contributed by atoms with Gasteiger partial charge in [0.2, 0.25) is 0 Å². The van der Waals surface area contributed by atoms with Gasteiger partial charge in [-0.15, -0.1) is 0 Å². The van der Waals surface area contributed by atoms with Crippen LogP contribution in [0.5, 0.6) is 0 Å². The molecule has 94 valence electrons. The SMILES string of the molecule is CC(=O)O[C@H](C)C[C@@H](OC(C)=O)c1ccco1. The highest BCUT2D eigenvalue weighted by atomic mass is 16.6. The summed E-state index contributed by atoms with van der Waals surface area (Å²) in [4.78, 5) is 21.8. The van der Waals surface area contributed by atoms with Gasteiger partial charge >= 0.3 is 11.9 Å². The third kappa shape index (κ3) is 4.72. The van der Waals surface area contributed by atoms with Crippen molar-refractivity contribution in [2.75, 3.05) is 0 Å². The molecule has 5 heteroatoms. The molecule has 5 nitrogen and oxygen atoms in total. The fourth-order valence-corrected chi connectivity index (χ4v) is 1.53. The van der Waals surface area contributed by atoms with Crippen molar-refractivity contribution in [1.82, 2.24) is 0 Å². The van der Waals surface area contributed by atoms with Crippen LogP contribution >= 0.6 is 0 Å². The molecule has 2 atom stereocenters. The van der Waals surface area contributed by atoms with Gasteiger partial charge in [-0.25, -0.2) is 0 Å². The maximum absolute atomic E-state index is 11.0. The Hall–Kier alpha value is -1.78. The molecular weight excluding hydrogens is 224 g/mol. The van der Waals surface area contributed by atoms with Gasteiger partial charge in [0.05, 0.1) is 6.26 Å². The number of carbonyl (C=O) groups is 2. The van der Waals surface area contributed by atoms with Gasteiger partial charge in [-0.1, -0.05) is 0 Å². The first kappa shape index (κ1) is 13.3. The largest absolute Gasteiger partial charge is 0.465 e. The summed E-state index contributed by atoms with van der Waals surface area (Å²) in [6.45, 7) is 4.40. The Balaban J connectivity index is 2.64. The number of ether oxygens (including phenoxy) is 2. The van der Waals surface area contributed by atoms with Gasteiger partial charge in [-0.3, -0.25) is 9.59 Å². The number of esters is 2. The van der Waals surface area contributed by atoms with Gasteiger partial charge in [-0.2, -0.15) is 0 Å². The minimum Gasteiger partial charge on any atom is -0.465 e. The first-order chi connectivity index (χ1) is 7.99. The van der Waals surface area contributed by atoms with Crippen LogP contribution in [-0.4, -0.2) is 18.0 Å². The van der Waals surface area contributed by atoms with E-state index in [2.05, 4.69) is 0 Å². The Labute approximate surface area is 99.7 Å². The topological polar surface area (TPSA) is 65.7 Å². The molecule has 0 amide bonds. The molecule has 1 aromatic rings. The van der Waals surface area contributed by atoms with Crippen molar-refractivity contribution in [3.8, 4) is 0 Å². The number of carbonyl (C=O) groups excluding carboxylic acids is 2. The summed E-state index contributed by atoms with van der Waals surface area (Å²) in [6.07, 6.45) is 0.994. The second-order valence-electron chi connectivity index (χ2n) is 3.77. The maximum atomic E-state index is 11.0. The predicted molar refractivity (Wildman–Crippen MR) is 59.1 cm³/mol. The molecule has 0 N–H and O–H groups in total. The van der Waals surface area contributed by atoms with Crippen LogP contribution in [0.25, 0.3) is 0 Å². The molecule has 0 unspecified atom stereocenters. The molecule has 17 heavy (non-hydrogen) atoms.